The standard InChI is InChI=1S/C12H17NO3/c1-12(16,8-11(14)15)7-6-9-2-4-10(13)5-3-9/h2-5,16H,6-8,13H2,1H3,(H,14,15). The number of aliphatic carboxylic acids is 1. The number of carbonyl (C=O) groups is 1. The third-order valence-electron chi connectivity index (χ3n) is 2.46. The van der Waals surface area contributed by atoms with Gasteiger partial charge in [0.25, 0.3) is 0 Å². The molecule has 0 aliphatic heterocycles. The van der Waals surface area contributed by atoms with Gasteiger partial charge in [-0.3, -0.25) is 4.79 Å². The van der Waals surface area contributed by atoms with Crippen molar-refractivity contribution >= 4 is 11.7 Å². The number of anilines is 1. The summed E-state index contributed by atoms with van der Waals surface area (Å²) >= 11 is 0. The molecule has 0 heterocycles. The average Bonchev–Trinajstić information content (AvgIpc) is 2.15. The van der Waals surface area contributed by atoms with Crippen LogP contribution in [0.2, 0.25) is 0 Å². The molecule has 1 aromatic carbocycles. The molecule has 0 bridgehead atoms. The number of rotatable bonds is 5. The summed E-state index contributed by atoms with van der Waals surface area (Å²) in [6.45, 7) is 1.54. The number of carboxylic acids is 1. The van der Waals surface area contributed by atoms with Crippen LogP contribution in [0.3, 0.4) is 0 Å². The fourth-order valence-corrected chi connectivity index (χ4v) is 1.51. The molecule has 0 fully saturated rings. The Morgan fingerprint density at radius 3 is 2.44 bits per heavy atom. The molecule has 1 rings (SSSR count). The first-order valence-corrected chi connectivity index (χ1v) is 5.18. The summed E-state index contributed by atoms with van der Waals surface area (Å²) < 4.78 is 0. The predicted molar refractivity (Wildman–Crippen MR) is 62.1 cm³/mol. The highest BCUT2D eigenvalue weighted by Gasteiger charge is 2.23. The SMILES string of the molecule is CC(O)(CCc1ccc(N)cc1)CC(=O)O. The maximum atomic E-state index is 10.5. The Morgan fingerprint density at radius 1 is 1.38 bits per heavy atom. The van der Waals surface area contributed by atoms with Crippen LogP contribution in [0.1, 0.15) is 25.3 Å². The van der Waals surface area contributed by atoms with Gasteiger partial charge in [-0.25, -0.2) is 0 Å². The highest BCUT2D eigenvalue weighted by molar-refractivity contribution is 5.68. The molecule has 1 unspecified atom stereocenters. The van der Waals surface area contributed by atoms with Crippen molar-refractivity contribution in [2.45, 2.75) is 31.8 Å². The van der Waals surface area contributed by atoms with E-state index in [0.717, 1.165) is 5.56 Å². The molecule has 4 heteroatoms. The van der Waals surface area contributed by atoms with Crippen LogP contribution in [-0.4, -0.2) is 21.8 Å². The molecule has 16 heavy (non-hydrogen) atoms. The fourth-order valence-electron chi connectivity index (χ4n) is 1.51. The molecule has 0 amide bonds. The molecule has 0 radical (unpaired) electrons. The molecule has 88 valence electrons. The van der Waals surface area contributed by atoms with E-state index in [0.29, 0.717) is 18.5 Å². The van der Waals surface area contributed by atoms with Crippen molar-refractivity contribution in [3.05, 3.63) is 29.8 Å². The quantitative estimate of drug-likeness (QED) is 0.659. The van der Waals surface area contributed by atoms with E-state index < -0.39 is 11.6 Å². The van der Waals surface area contributed by atoms with Crippen LogP contribution < -0.4 is 5.73 Å². The normalized spacial score (nSPS) is 14.4. The number of benzene rings is 1. The summed E-state index contributed by atoms with van der Waals surface area (Å²) in [5, 5.41) is 18.4. The minimum atomic E-state index is -1.16. The molecule has 4 N–H and O–H groups in total. The smallest absolute Gasteiger partial charge is 0.306 e. The van der Waals surface area contributed by atoms with Gasteiger partial charge in [-0.1, -0.05) is 12.1 Å². The van der Waals surface area contributed by atoms with Gasteiger partial charge in [0.05, 0.1) is 12.0 Å². The second kappa shape index (κ2) is 4.99. The third-order valence-corrected chi connectivity index (χ3v) is 2.46. The Morgan fingerprint density at radius 2 is 1.94 bits per heavy atom. The first-order valence-electron chi connectivity index (χ1n) is 5.18. The van der Waals surface area contributed by atoms with Gasteiger partial charge in [0.15, 0.2) is 0 Å². The zero-order valence-electron chi connectivity index (χ0n) is 9.31. The number of nitrogens with two attached hydrogens (primary N) is 1. The molecule has 0 saturated heterocycles. The average molecular weight is 223 g/mol. The monoisotopic (exact) mass is 223 g/mol. The van der Waals surface area contributed by atoms with Gasteiger partial charge in [-0.15, -0.1) is 0 Å². The van der Waals surface area contributed by atoms with Crippen LogP contribution >= 0.6 is 0 Å². The van der Waals surface area contributed by atoms with E-state index in [1.165, 1.54) is 0 Å². The molecule has 1 atom stereocenters. The lowest BCUT2D eigenvalue weighted by molar-refractivity contribution is -0.142. The van der Waals surface area contributed by atoms with Gasteiger partial charge in [0.2, 0.25) is 0 Å². The summed E-state index contributed by atoms with van der Waals surface area (Å²) in [6, 6.07) is 7.35. The highest BCUT2D eigenvalue weighted by atomic mass is 16.4. The minimum Gasteiger partial charge on any atom is -0.481 e. The van der Waals surface area contributed by atoms with Crippen LogP contribution in [0, 0.1) is 0 Å². The predicted octanol–water partition coefficient (Wildman–Crippen LogP) is 1.43. The molecule has 0 aliphatic rings. The van der Waals surface area contributed by atoms with Gasteiger partial charge >= 0.3 is 5.97 Å². The van der Waals surface area contributed by atoms with Crippen LogP contribution in [-0.2, 0) is 11.2 Å². The molecule has 4 nitrogen and oxygen atoms in total. The second-order valence-electron chi connectivity index (χ2n) is 4.31. The number of carboxylic acid groups (broad SMARTS) is 1. The van der Waals surface area contributed by atoms with E-state index >= 15 is 0 Å². The second-order valence-corrected chi connectivity index (χ2v) is 4.31. The van der Waals surface area contributed by atoms with Crippen molar-refractivity contribution in [1.82, 2.24) is 0 Å². The van der Waals surface area contributed by atoms with E-state index in [-0.39, 0.29) is 6.42 Å². The van der Waals surface area contributed by atoms with Crippen LogP contribution in [0.15, 0.2) is 24.3 Å². The molecular formula is C12H17NO3. The zero-order chi connectivity index (χ0) is 12.2. The Hall–Kier alpha value is -1.55. The van der Waals surface area contributed by atoms with Crippen molar-refractivity contribution in [3.63, 3.8) is 0 Å². The van der Waals surface area contributed by atoms with Gasteiger partial charge in [0.1, 0.15) is 0 Å². The number of aryl methyl sites for hydroxylation is 1. The number of nitrogen functional groups attached to an aromatic ring is 1. The van der Waals surface area contributed by atoms with E-state index in [2.05, 4.69) is 0 Å². The lowest BCUT2D eigenvalue weighted by Crippen LogP contribution is -2.28. The number of hydrogen-bond donors (Lipinski definition) is 3. The van der Waals surface area contributed by atoms with Gasteiger partial charge in [-0.2, -0.15) is 0 Å². The van der Waals surface area contributed by atoms with Gasteiger partial charge in [0, 0.05) is 5.69 Å². The van der Waals surface area contributed by atoms with E-state index in [4.69, 9.17) is 10.8 Å². The van der Waals surface area contributed by atoms with Crippen LogP contribution in [0.5, 0.6) is 0 Å². The molecule has 0 aliphatic carbocycles. The molecule has 0 aromatic heterocycles. The largest absolute Gasteiger partial charge is 0.481 e. The van der Waals surface area contributed by atoms with E-state index in [9.17, 15) is 9.90 Å². The minimum absolute atomic E-state index is 0.234. The molecule has 0 saturated carbocycles. The maximum Gasteiger partial charge on any atom is 0.306 e. The van der Waals surface area contributed by atoms with Gasteiger partial charge in [-0.05, 0) is 37.5 Å². The van der Waals surface area contributed by atoms with Crippen molar-refractivity contribution in [1.29, 1.82) is 0 Å². The van der Waals surface area contributed by atoms with Crippen molar-refractivity contribution in [3.8, 4) is 0 Å². The molecular weight excluding hydrogens is 206 g/mol. The zero-order valence-corrected chi connectivity index (χ0v) is 9.31. The van der Waals surface area contributed by atoms with E-state index in [1.54, 1.807) is 19.1 Å². The fraction of sp³-hybridized carbons (Fsp3) is 0.417. The Kier molecular flexibility index (Phi) is 3.90. The summed E-state index contributed by atoms with van der Waals surface area (Å²) in [5.41, 5.74) is 6.12. The summed E-state index contributed by atoms with van der Waals surface area (Å²) in [5.74, 6) is -0.984. The number of hydrogen-bond acceptors (Lipinski definition) is 3. The van der Waals surface area contributed by atoms with Crippen molar-refractivity contribution < 1.29 is 15.0 Å². The lowest BCUT2D eigenvalue weighted by atomic mass is 9.94. The maximum absolute atomic E-state index is 10.5. The molecule has 1 aromatic rings. The summed E-state index contributed by atoms with van der Waals surface area (Å²) in [4.78, 5) is 10.5. The van der Waals surface area contributed by atoms with E-state index in [1.807, 2.05) is 12.1 Å². The first-order chi connectivity index (χ1) is 7.39. The highest BCUT2D eigenvalue weighted by Crippen LogP contribution is 2.18. The summed E-state index contributed by atoms with van der Waals surface area (Å²) in [6.07, 6.45) is 0.825. The molecule has 0 spiro atoms. The topological polar surface area (TPSA) is 83.5 Å². The number of aliphatic hydroxyl groups is 1. The first kappa shape index (κ1) is 12.5. The van der Waals surface area contributed by atoms with Crippen LogP contribution in [0.25, 0.3) is 0 Å². The van der Waals surface area contributed by atoms with Gasteiger partial charge < -0.3 is 15.9 Å². The Balaban J connectivity index is 2.50. The van der Waals surface area contributed by atoms with Crippen molar-refractivity contribution in [2.75, 3.05) is 5.73 Å². The van der Waals surface area contributed by atoms with Crippen LogP contribution in [0.4, 0.5) is 5.69 Å². The Bertz CT molecular complexity index is 357. The Labute approximate surface area is 94.7 Å². The summed E-state index contributed by atoms with van der Waals surface area (Å²) in [7, 11) is 0. The third kappa shape index (κ3) is 4.31. The lowest BCUT2D eigenvalue weighted by Gasteiger charge is -2.20. The van der Waals surface area contributed by atoms with Crippen molar-refractivity contribution in [2.24, 2.45) is 0 Å².